The van der Waals surface area contributed by atoms with Crippen LogP contribution in [0, 0.1) is 0 Å². The Balaban J connectivity index is 1.76. The van der Waals surface area contributed by atoms with Crippen LogP contribution in [0.2, 0.25) is 0 Å². The minimum Gasteiger partial charge on any atom is -0.349 e. The fourth-order valence-electron chi connectivity index (χ4n) is 1.46. The van der Waals surface area contributed by atoms with Gasteiger partial charge in [0.15, 0.2) is 0 Å². The van der Waals surface area contributed by atoms with Gasteiger partial charge >= 0.3 is 0 Å². The molecule has 1 fully saturated rings. The number of rotatable bonds is 4. The van der Waals surface area contributed by atoms with Crippen molar-refractivity contribution in [3.63, 3.8) is 0 Å². The van der Waals surface area contributed by atoms with Crippen LogP contribution in [-0.4, -0.2) is 39.9 Å². The first-order valence-corrected chi connectivity index (χ1v) is 6.43. The molecule has 2 amide bonds. The van der Waals surface area contributed by atoms with Crippen LogP contribution in [0.3, 0.4) is 0 Å². The van der Waals surface area contributed by atoms with Gasteiger partial charge < -0.3 is 10.2 Å². The molecular weight excluding hydrogens is 238 g/mol. The van der Waals surface area contributed by atoms with Crippen LogP contribution in [0.4, 0.5) is 0 Å². The molecule has 2 heterocycles. The van der Waals surface area contributed by atoms with Gasteiger partial charge in [-0.3, -0.25) is 14.6 Å². The zero-order chi connectivity index (χ0) is 12.1. The van der Waals surface area contributed by atoms with Crippen molar-refractivity contribution >= 4 is 23.6 Å². The summed E-state index contributed by atoms with van der Waals surface area (Å²) >= 11 is 1.53. The van der Waals surface area contributed by atoms with Crippen molar-refractivity contribution in [1.29, 1.82) is 0 Å². The summed E-state index contributed by atoms with van der Waals surface area (Å²) in [7, 11) is 0. The van der Waals surface area contributed by atoms with Crippen molar-refractivity contribution in [2.24, 2.45) is 0 Å². The highest BCUT2D eigenvalue weighted by Crippen LogP contribution is 2.13. The minimum atomic E-state index is -0.147. The highest BCUT2D eigenvalue weighted by molar-refractivity contribution is 8.00. The maximum atomic E-state index is 11.6. The number of amides is 2. The van der Waals surface area contributed by atoms with Gasteiger partial charge in [-0.2, -0.15) is 0 Å². The van der Waals surface area contributed by atoms with Crippen LogP contribution in [0.15, 0.2) is 24.4 Å². The fourth-order valence-corrected chi connectivity index (χ4v) is 2.37. The molecule has 0 aliphatic carbocycles. The van der Waals surface area contributed by atoms with E-state index in [-0.39, 0.29) is 18.4 Å². The van der Waals surface area contributed by atoms with E-state index < -0.39 is 0 Å². The summed E-state index contributed by atoms with van der Waals surface area (Å²) in [6, 6.07) is 5.54. The Morgan fingerprint density at radius 3 is 3.06 bits per heavy atom. The molecule has 0 radical (unpaired) electrons. The molecule has 6 heteroatoms. The summed E-state index contributed by atoms with van der Waals surface area (Å²) in [4.78, 5) is 28.5. The smallest absolute Gasteiger partial charge is 0.239 e. The highest BCUT2D eigenvalue weighted by atomic mass is 32.2. The van der Waals surface area contributed by atoms with Gasteiger partial charge in [-0.1, -0.05) is 6.07 Å². The largest absolute Gasteiger partial charge is 0.349 e. The predicted octanol–water partition coefficient (Wildman–Crippen LogP) is 0.231. The number of carbonyl (C=O) groups is 2. The van der Waals surface area contributed by atoms with Gasteiger partial charge in [-0.05, 0) is 12.1 Å². The molecule has 0 atom stereocenters. The van der Waals surface area contributed by atoms with Gasteiger partial charge in [-0.25, -0.2) is 0 Å². The van der Waals surface area contributed by atoms with Crippen molar-refractivity contribution in [3.8, 4) is 0 Å². The lowest BCUT2D eigenvalue weighted by Crippen LogP contribution is -2.37. The molecule has 1 saturated heterocycles. The monoisotopic (exact) mass is 251 g/mol. The summed E-state index contributed by atoms with van der Waals surface area (Å²) in [6.45, 7) is 0.535. The number of hydrogen-bond acceptors (Lipinski definition) is 4. The molecule has 5 nitrogen and oxygen atoms in total. The lowest BCUT2D eigenvalue weighted by molar-refractivity contribution is -0.132. The molecule has 1 aromatic rings. The third-order valence-electron chi connectivity index (χ3n) is 2.35. The standard InChI is InChI=1S/C11H13N3O2S/c15-10(6-14-8-17-7-11(14)16)13-5-9-3-1-2-4-12-9/h1-4H,5-8H2,(H,13,15). The normalized spacial score (nSPS) is 15.1. The maximum absolute atomic E-state index is 11.6. The zero-order valence-corrected chi connectivity index (χ0v) is 10.1. The van der Waals surface area contributed by atoms with Gasteiger partial charge in [0, 0.05) is 6.20 Å². The Hall–Kier alpha value is -1.56. The van der Waals surface area contributed by atoms with E-state index in [0.717, 1.165) is 5.69 Å². The van der Waals surface area contributed by atoms with E-state index in [9.17, 15) is 9.59 Å². The first kappa shape index (κ1) is 11.9. The van der Waals surface area contributed by atoms with Gasteiger partial charge in [0.25, 0.3) is 0 Å². The Kier molecular flexibility index (Phi) is 3.98. The number of hydrogen-bond donors (Lipinski definition) is 1. The lowest BCUT2D eigenvalue weighted by Gasteiger charge is -2.13. The van der Waals surface area contributed by atoms with Gasteiger partial charge in [0.05, 0.1) is 23.9 Å². The highest BCUT2D eigenvalue weighted by Gasteiger charge is 2.22. The second kappa shape index (κ2) is 5.67. The van der Waals surface area contributed by atoms with E-state index in [0.29, 0.717) is 18.2 Å². The van der Waals surface area contributed by atoms with Gasteiger partial charge in [-0.15, -0.1) is 11.8 Å². The van der Waals surface area contributed by atoms with Gasteiger partial charge in [0.1, 0.15) is 6.54 Å². The second-order valence-corrected chi connectivity index (χ2v) is 4.62. The van der Waals surface area contributed by atoms with Crippen molar-refractivity contribution < 1.29 is 9.59 Å². The first-order chi connectivity index (χ1) is 8.25. The molecule has 0 aromatic carbocycles. The third kappa shape index (κ3) is 3.45. The predicted molar refractivity (Wildman–Crippen MR) is 65.1 cm³/mol. The third-order valence-corrected chi connectivity index (χ3v) is 3.30. The van der Waals surface area contributed by atoms with Crippen LogP contribution in [0.1, 0.15) is 5.69 Å². The van der Waals surface area contributed by atoms with Crippen LogP contribution in [-0.2, 0) is 16.1 Å². The topological polar surface area (TPSA) is 62.3 Å². The van der Waals surface area contributed by atoms with E-state index in [1.54, 1.807) is 11.1 Å². The van der Waals surface area contributed by atoms with Crippen LogP contribution in [0.5, 0.6) is 0 Å². The van der Waals surface area contributed by atoms with E-state index in [2.05, 4.69) is 10.3 Å². The molecule has 0 bridgehead atoms. The Labute approximate surface area is 104 Å². The number of thioether (sulfide) groups is 1. The molecule has 1 N–H and O–H groups in total. The molecular formula is C11H13N3O2S. The van der Waals surface area contributed by atoms with E-state index >= 15 is 0 Å². The molecule has 1 aromatic heterocycles. The molecule has 0 saturated carbocycles. The number of pyridine rings is 1. The molecule has 17 heavy (non-hydrogen) atoms. The summed E-state index contributed by atoms with van der Waals surface area (Å²) < 4.78 is 0. The van der Waals surface area contributed by atoms with Crippen molar-refractivity contribution in [3.05, 3.63) is 30.1 Å². The summed E-state index contributed by atoms with van der Waals surface area (Å²) in [5, 5.41) is 2.74. The fraction of sp³-hybridized carbons (Fsp3) is 0.364. The number of nitrogens with zero attached hydrogens (tertiary/aromatic N) is 2. The number of carbonyl (C=O) groups excluding carboxylic acids is 2. The minimum absolute atomic E-state index is 0.0305. The molecule has 2 rings (SSSR count). The average molecular weight is 251 g/mol. The molecule has 1 aliphatic heterocycles. The number of nitrogens with one attached hydrogen (secondary N) is 1. The van der Waals surface area contributed by atoms with E-state index in [1.807, 2.05) is 18.2 Å². The van der Waals surface area contributed by atoms with E-state index in [4.69, 9.17) is 0 Å². The molecule has 90 valence electrons. The SMILES string of the molecule is O=C(CN1CSCC1=O)NCc1ccccn1. The van der Waals surface area contributed by atoms with Gasteiger partial charge in [0.2, 0.25) is 11.8 Å². The van der Waals surface area contributed by atoms with Crippen LogP contribution in [0.25, 0.3) is 0 Å². The van der Waals surface area contributed by atoms with Crippen molar-refractivity contribution in [1.82, 2.24) is 15.2 Å². The Bertz CT molecular complexity index is 410. The zero-order valence-electron chi connectivity index (χ0n) is 9.26. The van der Waals surface area contributed by atoms with Crippen LogP contribution >= 0.6 is 11.8 Å². The Morgan fingerprint density at radius 2 is 2.41 bits per heavy atom. The molecule has 1 aliphatic rings. The summed E-state index contributed by atoms with van der Waals surface area (Å²) in [5.41, 5.74) is 0.808. The number of aromatic nitrogens is 1. The summed E-state index contributed by atoms with van der Waals surface area (Å²) in [6.07, 6.45) is 1.68. The van der Waals surface area contributed by atoms with Crippen LogP contribution < -0.4 is 5.32 Å². The molecule has 0 unspecified atom stereocenters. The average Bonchev–Trinajstić information content (AvgIpc) is 2.74. The maximum Gasteiger partial charge on any atom is 0.239 e. The van der Waals surface area contributed by atoms with Crippen molar-refractivity contribution in [2.45, 2.75) is 6.54 Å². The van der Waals surface area contributed by atoms with Crippen molar-refractivity contribution in [2.75, 3.05) is 18.2 Å². The first-order valence-electron chi connectivity index (χ1n) is 5.28. The lowest BCUT2D eigenvalue weighted by atomic mass is 10.3. The summed E-state index contributed by atoms with van der Waals surface area (Å²) in [5.74, 6) is 0.970. The molecule has 0 spiro atoms. The van der Waals surface area contributed by atoms with E-state index in [1.165, 1.54) is 11.8 Å². The quantitative estimate of drug-likeness (QED) is 0.832. The second-order valence-electron chi connectivity index (χ2n) is 3.67. The Morgan fingerprint density at radius 1 is 1.53 bits per heavy atom.